The summed E-state index contributed by atoms with van der Waals surface area (Å²) in [4.78, 5) is 12.6. The highest BCUT2D eigenvalue weighted by atomic mass is 32.2. The lowest BCUT2D eigenvalue weighted by Gasteiger charge is -2.04. The van der Waals surface area contributed by atoms with Crippen molar-refractivity contribution in [1.29, 1.82) is 5.26 Å². The Morgan fingerprint density at radius 1 is 1.21 bits per heavy atom. The highest BCUT2D eigenvalue weighted by Gasteiger charge is 2.15. The molecule has 1 aromatic heterocycles. The van der Waals surface area contributed by atoms with Crippen molar-refractivity contribution in [3.05, 3.63) is 64.1 Å². The van der Waals surface area contributed by atoms with E-state index in [0.717, 1.165) is 6.07 Å². The van der Waals surface area contributed by atoms with Crippen LogP contribution in [-0.4, -0.2) is 30.4 Å². The Morgan fingerprint density at radius 3 is 2.66 bits per heavy atom. The number of sulfonamides is 1. The van der Waals surface area contributed by atoms with Gasteiger partial charge in [-0.25, -0.2) is 17.8 Å². The average molecular weight is 412 g/mol. The van der Waals surface area contributed by atoms with Crippen LogP contribution in [0.5, 0.6) is 5.75 Å². The molecule has 0 radical (unpaired) electrons. The smallest absolute Gasteiger partial charge is 0.299 e. The molecule has 148 valence electrons. The minimum atomic E-state index is -3.74. The predicted octanol–water partition coefficient (Wildman–Crippen LogP) is 2.37. The number of phenols is 1. The maximum absolute atomic E-state index is 12.7. The van der Waals surface area contributed by atoms with Crippen molar-refractivity contribution < 1.29 is 13.5 Å². The van der Waals surface area contributed by atoms with E-state index in [-0.39, 0.29) is 22.0 Å². The number of aromatic nitrogens is 2. The van der Waals surface area contributed by atoms with E-state index in [9.17, 15) is 18.3 Å². The summed E-state index contributed by atoms with van der Waals surface area (Å²) in [5, 5.41) is 29.5. The molecule has 0 aliphatic carbocycles. The van der Waals surface area contributed by atoms with Gasteiger partial charge in [0.1, 0.15) is 11.4 Å². The minimum Gasteiger partial charge on any atom is -0.506 e. The van der Waals surface area contributed by atoms with Crippen molar-refractivity contribution in [3.63, 3.8) is 0 Å². The summed E-state index contributed by atoms with van der Waals surface area (Å²) in [5.41, 5.74) is 0.591. The van der Waals surface area contributed by atoms with Gasteiger partial charge in [0.15, 0.2) is 5.69 Å². The Bertz CT molecular complexity index is 1310. The second-order valence-corrected chi connectivity index (χ2v) is 7.83. The van der Waals surface area contributed by atoms with Gasteiger partial charge < -0.3 is 5.11 Å². The molecule has 0 unspecified atom stereocenters. The highest BCUT2D eigenvalue weighted by Crippen LogP contribution is 2.30. The zero-order valence-corrected chi connectivity index (χ0v) is 16.2. The Labute approximate surface area is 165 Å². The van der Waals surface area contributed by atoms with Crippen LogP contribution in [0.3, 0.4) is 0 Å². The van der Waals surface area contributed by atoms with Gasteiger partial charge in [-0.1, -0.05) is 6.07 Å². The van der Waals surface area contributed by atoms with Crippen LogP contribution >= 0.6 is 0 Å². The van der Waals surface area contributed by atoms with Crippen molar-refractivity contribution in [2.75, 3.05) is 7.05 Å². The third-order valence-corrected chi connectivity index (χ3v) is 5.47. The molecule has 2 aromatic carbocycles. The summed E-state index contributed by atoms with van der Waals surface area (Å²) < 4.78 is 27.2. The largest absolute Gasteiger partial charge is 0.506 e. The Kier molecular flexibility index (Phi) is 5.31. The van der Waals surface area contributed by atoms with Gasteiger partial charge >= 0.3 is 0 Å². The fourth-order valence-electron chi connectivity index (χ4n) is 2.52. The van der Waals surface area contributed by atoms with Gasteiger partial charge in [-0.3, -0.25) is 9.89 Å². The first-order chi connectivity index (χ1) is 13.8. The van der Waals surface area contributed by atoms with Gasteiger partial charge in [0.2, 0.25) is 10.0 Å². The second-order valence-electron chi connectivity index (χ2n) is 5.95. The molecule has 1 heterocycles. The van der Waals surface area contributed by atoms with Crippen LogP contribution < -0.4 is 10.3 Å². The first kappa shape index (κ1) is 20.0. The van der Waals surface area contributed by atoms with Crippen LogP contribution in [0.1, 0.15) is 11.3 Å². The van der Waals surface area contributed by atoms with Crippen LogP contribution in [0.25, 0.3) is 5.69 Å². The van der Waals surface area contributed by atoms with Gasteiger partial charge in [-0.05, 0) is 50.4 Å². The summed E-state index contributed by atoms with van der Waals surface area (Å²) in [5.74, 6) is -0.293. The summed E-state index contributed by atoms with van der Waals surface area (Å²) in [6.45, 7) is 1.61. The predicted molar refractivity (Wildman–Crippen MR) is 104 cm³/mol. The zero-order valence-electron chi connectivity index (χ0n) is 15.4. The lowest BCUT2D eigenvalue weighted by molar-refractivity contribution is 0.476. The Hall–Kier alpha value is -3.75. The van der Waals surface area contributed by atoms with Gasteiger partial charge in [0.05, 0.1) is 27.9 Å². The van der Waals surface area contributed by atoms with Crippen LogP contribution in [0.4, 0.5) is 11.4 Å². The first-order valence-electron chi connectivity index (χ1n) is 8.27. The number of benzene rings is 2. The van der Waals surface area contributed by atoms with E-state index in [1.54, 1.807) is 25.1 Å². The SMILES string of the molecule is CNS(=O)(=O)c1ccc(O)c(N=Nc2c(C)[nH]n(-c3cccc(C#N)c3)c2=O)c1. The van der Waals surface area contributed by atoms with Crippen LogP contribution in [0.2, 0.25) is 0 Å². The quantitative estimate of drug-likeness (QED) is 0.549. The van der Waals surface area contributed by atoms with Crippen molar-refractivity contribution in [3.8, 4) is 17.5 Å². The Balaban J connectivity index is 2.03. The number of azo groups is 1. The van der Waals surface area contributed by atoms with Crippen molar-refractivity contribution in [1.82, 2.24) is 14.5 Å². The number of aromatic hydroxyl groups is 1. The number of phenolic OH excluding ortho intramolecular Hbond substituents is 1. The average Bonchev–Trinajstić information content (AvgIpc) is 3.01. The van der Waals surface area contributed by atoms with Crippen molar-refractivity contribution in [2.45, 2.75) is 11.8 Å². The molecule has 10 nitrogen and oxygen atoms in total. The molecule has 0 atom stereocenters. The number of nitrogens with one attached hydrogen (secondary N) is 2. The first-order valence-corrected chi connectivity index (χ1v) is 9.75. The summed E-state index contributed by atoms with van der Waals surface area (Å²) >= 11 is 0. The third kappa shape index (κ3) is 3.93. The molecule has 0 saturated heterocycles. The molecule has 0 aliphatic heterocycles. The van der Waals surface area contributed by atoms with E-state index in [2.05, 4.69) is 20.0 Å². The molecule has 0 bridgehead atoms. The molecule has 3 rings (SSSR count). The second kappa shape index (κ2) is 7.70. The molecule has 11 heteroatoms. The van der Waals surface area contributed by atoms with Crippen LogP contribution in [-0.2, 0) is 10.0 Å². The van der Waals surface area contributed by atoms with E-state index >= 15 is 0 Å². The maximum Gasteiger partial charge on any atom is 0.299 e. The Morgan fingerprint density at radius 2 is 1.97 bits per heavy atom. The van der Waals surface area contributed by atoms with Crippen LogP contribution in [0.15, 0.2) is 62.4 Å². The van der Waals surface area contributed by atoms with E-state index in [0.29, 0.717) is 16.9 Å². The molecule has 3 aromatic rings. The minimum absolute atomic E-state index is 0.0198. The molecule has 0 saturated carbocycles. The maximum atomic E-state index is 12.7. The van der Waals surface area contributed by atoms with E-state index in [4.69, 9.17) is 5.26 Å². The molecule has 0 spiro atoms. The standard InChI is InChI=1S/C18H16N6O4S/c1-11-17(18(26)24(23-11)13-5-3-4-12(8-13)10-19)22-21-15-9-14(6-7-16(15)25)29(27,28)20-2/h3-9,20,23,25H,1-2H3. The normalized spacial score (nSPS) is 11.6. The fraction of sp³-hybridized carbons (Fsp3) is 0.111. The summed E-state index contributed by atoms with van der Waals surface area (Å²) in [7, 11) is -2.48. The van der Waals surface area contributed by atoms with Gasteiger partial charge in [0, 0.05) is 0 Å². The van der Waals surface area contributed by atoms with E-state index < -0.39 is 15.6 Å². The number of aryl methyl sites for hydroxylation is 1. The van der Waals surface area contributed by atoms with E-state index in [1.807, 2.05) is 6.07 Å². The van der Waals surface area contributed by atoms with Crippen molar-refractivity contribution in [2.24, 2.45) is 10.2 Å². The number of aromatic amines is 1. The molecule has 0 fully saturated rings. The van der Waals surface area contributed by atoms with E-state index in [1.165, 1.54) is 29.9 Å². The molecular weight excluding hydrogens is 396 g/mol. The molecule has 3 N–H and O–H groups in total. The molecule has 0 amide bonds. The topological polar surface area (TPSA) is 153 Å². The highest BCUT2D eigenvalue weighted by molar-refractivity contribution is 7.89. The van der Waals surface area contributed by atoms with Gasteiger partial charge in [0.25, 0.3) is 5.56 Å². The van der Waals surface area contributed by atoms with Crippen molar-refractivity contribution >= 4 is 21.4 Å². The fourth-order valence-corrected chi connectivity index (χ4v) is 3.27. The summed E-state index contributed by atoms with van der Waals surface area (Å²) in [6, 6.07) is 12.0. The van der Waals surface area contributed by atoms with Crippen LogP contribution in [0, 0.1) is 18.3 Å². The lowest BCUT2D eigenvalue weighted by Crippen LogP contribution is -2.18. The number of rotatable bonds is 5. The lowest BCUT2D eigenvalue weighted by atomic mass is 10.2. The monoisotopic (exact) mass is 412 g/mol. The third-order valence-electron chi connectivity index (χ3n) is 4.06. The number of H-pyrrole nitrogens is 1. The number of nitriles is 1. The van der Waals surface area contributed by atoms with Gasteiger partial charge in [-0.2, -0.15) is 5.26 Å². The van der Waals surface area contributed by atoms with Gasteiger partial charge in [-0.15, -0.1) is 10.2 Å². The molecular formula is C18H16N6O4S. The summed E-state index contributed by atoms with van der Waals surface area (Å²) in [6.07, 6.45) is 0. The number of nitrogens with zero attached hydrogens (tertiary/aromatic N) is 4. The number of hydrogen-bond acceptors (Lipinski definition) is 7. The molecule has 29 heavy (non-hydrogen) atoms. The zero-order chi connectivity index (χ0) is 21.2. The molecule has 0 aliphatic rings. The number of hydrogen-bond donors (Lipinski definition) is 3.